The van der Waals surface area contributed by atoms with Crippen LogP contribution in [0.5, 0.6) is 0 Å². The van der Waals surface area contributed by atoms with E-state index >= 15 is 0 Å². The van der Waals surface area contributed by atoms with Gasteiger partial charge in [0.1, 0.15) is 0 Å². The molecule has 4 rings (SSSR count). The standard InChI is InChI=1S/C26H27N5OS/c1-4-19(3)28-25(32)22-9-7-20(8-10-22)17-33-26-30-29-24(21-13-15-27-16-14-21)31(26)23-11-5-18(2)6-12-23/h5-16,19H,4,17H2,1-3H3,(H,28,32)/t19-/m0/s1. The van der Waals surface area contributed by atoms with Crippen LogP contribution in [0.25, 0.3) is 17.1 Å². The molecule has 6 nitrogen and oxygen atoms in total. The number of thioether (sulfide) groups is 1. The first-order chi connectivity index (χ1) is 16.0. The lowest BCUT2D eigenvalue weighted by Gasteiger charge is -2.12. The number of hydrogen-bond donors (Lipinski definition) is 1. The second-order valence-electron chi connectivity index (χ2n) is 7.98. The van der Waals surface area contributed by atoms with Crippen LogP contribution in [-0.4, -0.2) is 31.7 Å². The summed E-state index contributed by atoms with van der Waals surface area (Å²) < 4.78 is 2.08. The molecule has 2 heterocycles. The third-order valence-corrected chi connectivity index (χ3v) is 6.44. The first-order valence-electron chi connectivity index (χ1n) is 11.0. The molecular weight excluding hydrogens is 430 g/mol. The number of pyridine rings is 1. The maximum atomic E-state index is 12.3. The van der Waals surface area contributed by atoms with Gasteiger partial charge >= 0.3 is 0 Å². The van der Waals surface area contributed by atoms with E-state index in [0.29, 0.717) is 11.3 Å². The van der Waals surface area contributed by atoms with E-state index in [4.69, 9.17) is 0 Å². The first kappa shape index (κ1) is 22.7. The summed E-state index contributed by atoms with van der Waals surface area (Å²) in [5.74, 6) is 1.46. The van der Waals surface area contributed by atoms with Crippen molar-refractivity contribution in [2.45, 2.75) is 44.1 Å². The lowest BCUT2D eigenvalue weighted by Crippen LogP contribution is -2.31. The fourth-order valence-electron chi connectivity index (χ4n) is 3.29. The van der Waals surface area contributed by atoms with E-state index in [1.807, 2.05) is 43.3 Å². The van der Waals surface area contributed by atoms with Crippen molar-refractivity contribution in [2.24, 2.45) is 0 Å². The van der Waals surface area contributed by atoms with Crippen molar-refractivity contribution in [3.63, 3.8) is 0 Å². The van der Waals surface area contributed by atoms with Crippen LogP contribution in [0, 0.1) is 6.92 Å². The third kappa shape index (κ3) is 5.49. The van der Waals surface area contributed by atoms with Gasteiger partial charge in [0, 0.05) is 41.0 Å². The SMILES string of the molecule is CC[C@H](C)NC(=O)c1ccc(CSc2nnc(-c3ccncc3)n2-c2ccc(C)cc2)cc1. The molecule has 0 aliphatic carbocycles. The van der Waals surface area contributed by atoms with Crippen molar-refractivity contribution < 1.29 is 4.79 Å². The van der Waals surface area contributed by atoms with Gasteiger partial charge in [0.2, 0.25) is 0 Å². The maximum Gasteiger partial charge on any atom is 0.251 e. The molecule has 0 aliphatic rings. The van der Waals surface area contributed by atoms with Gasteiger partial charge in [-0.1, -0.05) is 48.5 Å². The number of hydrogen-bond acceptors (Lipinski definition) is 5. The van der Waals surface area contributed by atoms with Crippen molar-refractivity contribution in [1.82, 2.24) is 25.1 Å². The lowest BCUT2D eigenvalue weighted by molar-refractivity contribution is 0.0939. The van der Waals surface area contributed by atoms with Crippen molar-refractivity contribution in [3.8, 4) is 17.1 Å². The van der Waals surface area contributed by atoms with E-state index in [1.165, 1.54) is 5.56 Å². The largest absolute Gasteiger partial charge is 0.350 e. The van der Waals surface area contributed by atoms with Gasteiger partial charge in [0.15, 0.2) is 11.0 Å². The molecule has 0 saturated heterocycles. The van der Waals surface area contributed by atoms with Crippen LogP contribution in [0.3, 0.4) is 0 Å². The highest BCUT2D eigenvalue weighted by Gasteiger charge is 2.16. The van der Waals surface area contributed by atoms with E-state index < -0.39 is 0 Å². The minimum Gasteiger partial charge on any atom is -0.350 e. The van der Waals surface area contributed by atoms with Crippen LogP contribution in [-0.2, 0) is 5.75 Å². The fraction of sp³-hybridized carbons (Fsp3) is 0.231. The lowest BCUT2D eigenvalue weighted by atomic mass is 10.1. The van der Waals surface area contributed by atoms with E-state index in [9.17, 15) is 4.79 Å². The van der Waals surface area contributed by atoms with Crippen LogP contribution in [0.1, 0.15) is 41.8 Å². The predicted octanol–water partition coefficient (Wildman–Crippen LogP) is 5.46. The average molecular weight is 458 g/mol. The molecule has 4 aromatic rings. The zero-order valence-electron chi connectivity index (χ0n) is 19.0. The summed E-state index contributed by atoms with van der Waals surface area (Å²) in [6.45, 7) is 6.14. The number of benzene rings is 2. The predicted molar refractivity (Wildman–Crippen MR) is 133 cm³/mol. The Morgan fingerprint density at radius 3 is 2.36 bits per heavy atom. The highest BCUT2D eigenvalue weighted by molar-refractivity contribution is 7.98. The third-order valence-electron chi connectivity index (χ3n) is 5.44. The van der Waals surface area contributed by atoms with Crippen LogP contribution in [0.2, 0.25) is 0 Å². The second kappa shape index (κ2) is 10.4. The van der Waals surface area contributed by atoms with Gasteiger partial charge in [-0.2, -0.15) is 0 Å². The molecule has 7 heteroatoms. The molecule has 0 saturated carbocycles. The van der Waals surface area contributed by atoms with Crippen molar-refractivity contribution in [1.29, 1.82) is 0 Å². The molecule has 0 bridgehead atoms. The van der Waals surface area contributed by atoms with Crippen LogP contribution in [0.4, 0.5) is 0 Å². The Balaban J connectivity index is 1.55. The number of carbonyl (C=O) groups excluding carboxylic acids is 1. The van der Waals surface area contributed by atoms with Crippen LogP contribution in [0.15, 0.2) is 78.2 Å². The molecule has 0 unspecified atom stereocenters. The van der Waals surface area contributed by atoms with Crippen molar-refractivity contribution in [3.05, 3.63) is 89.7 Å². The fourth-order valence-corrected chi connectivity index (χ4v) is 4.20. The zero-order valence-corrected chi connectivity index (χ0v) is 19.8. The minimum atomic E-state index is -0.0374. The smallest absolute Gasteiger partial charge is 0.251 e. The van der Waals surface area contributed by atoms with Gasteiger partial charge in [0.25, 0.3) is 5.91 Å². The summed E-state index contributed by atoms with van der Waals surface area (Å²) in [7, 11) is 0. The summed E-state index contributed by atoms with van der Waals surface area (Å²) in [5, 5.41) is 12.8. The van der Waals surface area contributed by atoms with Crippen LogP contribution >= 0.6 is 11.8 Å². The Kier molecular flexibility index (Phi) is 7.19. The monoisotopic (exact) mass is 457 g/mol. The normalized spacial score (nSPS) is 11.8. The summed E-state index contributed by atoms with van der Waals surface area (Å²) in [5.41, 5.74) is 4.96. The molecule has 168 valence electrons. The number of rotatable bonds is 8. The van der Waals surface area contributed by atoms with Gasteiger partial charge in [0.05, 0.1) is 0 Å². The Morgan fingerprint density at radius 1 is 1.00 bits per heavy atom. The summed E-state index contributed by atoms with van der Waals surface area (Å²) in [6.07, 6.45) is 4.42. The Hall–Kier alpha value is -3.45. The number of aryl methyl sites for hydroxylation is 1. The molecule has 1 N–H and O–H groups in total. The quantitative estimate of drug-likeness (QED) is 0.356. The Bertz CT molecular complexity index is 1200. The summed E-state index contributed by atoms with van der Waals surface area (Å²) >= 11 is 1.62. The van der Waals surface area contributed by atoms with E-state index in [-0.39, 0.29) is 11.9 Å². The van der Waals surface area contributed by atoms with Gasteiger partial charge in [-0.15, -0.1) is 10.2 Å². The molecule has 0 fully saturated rings. The van der Waals surface area contributed by atoms with Crippen LogP contribution < -0.4 is 5.32 Å². The number of amides is 1. The zero-order chi connectivity index (χ0) is 23.2. The number of nitrogens with one attached hydrogen (secondary N) is 1. The van der Waals surface area contributed by atoms with E-state index in [0.717, 1.165) is 34.2 Å². The Morgan fingerprint density at radius 2 is 1.70 bits per heavy atom. The highest BCUT2D eigenvalue weighted by atomic mass is 32.2. The molecule has 2 aromatic carbocycles. The Labute approximate surface area is 198 Å². The van der Waals surface area contributed by atoms with Gasteiger partial charge in [-0.25, -0.2) is 0 Å². The molecule has 0 radical (unpaired) electrons. The molecule has 2 aromatic heterocycles. The number of nitrogens with zero attached hydrogens (tertiary/aromatic N) is 4. The number of aromatic nitrogens is 4. The molecule has 1 amide bonds. The molecule has 0 spiro atoms. The van der Waals surface area contributed by atoms with Crippen molar-refractivity contribution >= 4 is 17.7 Å². The maximum absolute atomic E-state index is 12.3. The molecule has 33 heavy (non-hydrogen) atoms. The van der Waals surface area contributed by atoms with Gasteiger partial charge in [-0.05, 0) is 62.2 Å². The summed E-state index contributed by atoms with van der Waals surface area (Å²) in [4.78, 5) is 16.4. The van der Waals surface area contributed by atoms with Crippen molar-refractivity contribution in [2.75, 3.05) is 0 Å². The molecule has 1 atom stereocenters. The van der Waals surface area contributed by atoms with E-state index in [1.54, 1.807) is 24.2 Å². The molecular formula is C26H27N5OS. The molecule has 0 aliphatic heterocycles. The minimum absolute atomic E-state index is 0.0374. The van der Waals surface area contributed by atoms with E-state index in [2.05, 4.69) is 63.2 Å². The van der Waals surface area contributed by atoms with Gasteiger partial charge < -0.3 is 5.32 Å². The topological polar surface area (TPSA) is 72.7 Å². The highest BCUT2D eigenvalue weighted by Crippen LogP contribution is 2.29. The number of carbonyl (C=O) groups is 1. The first-order valence-corrected chi connectivity index (χ1v) is 12.0. The summed E-state index contributed by atoms with van der Waals surface area (Å²) in [6, 6.07) is 20.1. The average Bonchev–Trinajstić information content (AvgIpc) is 3.28. The van der Waals surface area contributed by atoms with Gasteiger partial charge in [-0.3, -0.25) is 14.3 Å². The second-order valence-corrected chi connectivity index (χ2v) is 8.92.